The number of pyridine rings is 2. The van der Waals surface area contributed by atoms with Crippen molar-refractivity contribution in [1.82, 2.24) is 9.55 Å². The summed E-state index contributed by atoms with van der Waals surface area (Å²) in [6, 6.07) is 13.5. The number of ether oxygens (including phenoxy) is 2. The van der Waals surface area contributed by atoms with Crippen molar-refractivity contribution in [3.05, 3.63) is 97.6 Å². The Morgan fingerprint density at radius 2 is 1.96 bits per heavy atom. The standard InChI is InChI=1S/C33H31FN6O8/c1-46-27-11-8-20(28(40(44)45)30(27)47-2)18-48-37-26-17-38(15-21(26)14-35-13-19-6-4-3-5-7-19)32-25(34)12-23-29(41)24(33(42)43)16-39(22-9-10-22)31(23)36-32/h3-8,11-13,16,21-22H,9-10,14-15,17-18H2,1-2H3,(H,42,43)/b35-13?,37-26+. The number of aromatic carboxylic acids is 1. The Kier molecular flexibility index (Phi) is 9.01. The third-order valence-corrected chi connectivity index (χ3v) is 8.23. The molecule has 1 aliphatic carbocycles. The van der Waals surface area contributed by atoms with Crippen molar-refractivity contribution < 1.29 is 33.5 Å². The molecule has 2 aromatic heterocycles. The van der Waals surface area contributed by atoms with Gasteiger partial charge in [-0.05, 0) is 36.6 Å². The van der Waals surface area contributed by atoms with Crippen molar-refractivity contribution in [1.29, 1.82) is 0 Å². The van der Waals surface area contributed by atoms with Crippen LogP contribution in [-0.4, -0.2) is 71.3 Å². The van der Waals surface area contributed by atoms with E-state index in [2.05, 4.69) is 15.1 Å². The number of halogens is 1. The molecule has 0 amide bonds. The van der Waals surface area contributed by atoms with E-state index in [1.807, 2.05) is 30.3 Å². The number of aromatic nitrogens is 2. The van der Waals surface area contributed by atoms with Crippen LogP contribution in [0.5, 0.6) is 11.5 Å². The first-order valence-electron chi connectivity index (χ1n) is 15.1. The van der Waals surface area contributed by atoms with Gasteiger partial charge in [0.1, 0.15) is 17.8 Å². The number of nitro groups is 1. The zero-order valence-electron chi connectivity index (χ0n) is 26.0. The third kappa shape index (κ3) is 6.38. The molecular formula is C33H31FN6O8. The van der Waals surface area contributed by atoms with Crippen LogP contribution in [0.15, 0.2) is 69.7 Å². The van der Waals surface area contributed by atoms with Crippen molar-refractivity contribution in [3.8, 4) is 11.5 Å². The molecule has 1 N–H and O–H groups in total. The number of oxime groups is 1. The summed E-state index contributed by atoms with van der Waals surface area (Å²) in [5, 5.41) is 25.7. The van der Waals surface area contributed by atoms with E-state index in [1.54, 1.807) is 15.7 Å². The first kappa shape index (κ1) is 32.1. The molecular weight excluding hydrogens is 627 g/mol. The lowest BCUT2D eigenvalue weighted by Crippen LogP contribution is -2.25. The van der Waals surface area contributed by atoms with E-state index in [0.717, 1.165) is 24.5 Å². The zero-order chi connectivity index (χ0) is 33.9. The number of carbonyl (C=O) groups is 1. The predicted molar refractivity (Wildman–Crippen MR) is 174 cm³/mol. The Balaban J connectivity index is 1.32. The molecule has 248 valence electrons. The quantitative estimate of drug-likeness (QED) is 0.129. The van der Waals surface area contributed by atoms with Crippen molar-refractivity contribution >= 4 is 40.4 Å². The van der Waals surface area contributed by atoms with E-state index >= 15 is 4.39 Å². The summed E-state index contributed by atoms with van der Waals surface area (Å²) < 4.78 is 27.8. The lowest BCUT2D eigenvalue weighted by molar-refractivity contribution is -0.386. The fourth-order valence-corrected chi connectivity index (χ4v) is 5.71. The van der Waals surface area contributed by atoms with Crippen LogP contribution in [0.25, 0.3) is 11.0 Å². The van der Waals surface area contributed by atoms with Gasteiger partial charge in [-0.1, -0.05) is 35.5 Å². The summed E-state index contributed by atoms with van der Waals surface area (Å²) >= 11 is 0. The normalized spacial score (nSPS) is 16.9. The van der Waals surface area contributed by atoms with Gasteiger partial charge >= 0.3 is 11.7 Å². The summed E-state index contributed by atoms with van der Waals surface area (Å²) in [5.74, 6) is -2.41. The molecule has 2 aromatic carbocycles. The van der Waals surface area contributed by atoms with Crippen LogP contribution in [0.2, 0.25) is 0 Å². The molecule has 0 spiro atoms. The fourth-order valence-electron chi connectivity index (χ4n) is 5.71. The summed E-state index contributed by atoms with van der Waals surface area (Å²) in [7, 11) is 2.68. The monoisotopic (exact) mass is 658 g/mol. The van der Waals surface area contributed by atoms with Crippen LogP contribution in [0, 0.1) is 21.8 Å². The number of nitrogens with zero attached hydrogens (tertiary/aromatic N) is 6. The van der Waals surface area contributed by atoms with Crippen molar-refractivity contribution in [2.24, 2.45) is 16.1 Å². The van der Waals surface area contributed by atoms with Gasteiger partial charge in [-0.3, -0.25) is 19.9 Å². The smallest absolute Gasteiger partial charge is 0.341 e. The molecule has 1 unspecified atom stereocenters. The maximum atomic E-state index is 15.7. The Hall–Kier alpha value is -5.86. The van der Waals surface area contributed by atoms with Crippen LogP contribution >= 0.6 is 0 Å². The second-order valence-electron chi connectivity index (χ2n) is 11.4. The second-order valence-corrected chi connectivity index (χ2v) is 11.4. The van der Waals surface area contributed by atoms with Gasteiger partial charge in [-0.15, -0.1) is 0 Å². The molecule has 1 aliphatic heterocycles. The molecule has 14 nitrogen and oxygen atoms in total. The first-order valence-corrected chi connectivity index (χ1v) is 15.1. The molecule has 4 aromatic rings. The lowest BCUT2D eigenvalue weighted by Gasteiger charge is -2.19. The molecule has 1 saturated heterocycles. The maximum Gasteiger partial charge on any atom is 0.341 e. The molecule has 1 saturated carbocycles. The number of fused-ring (bicyclic) bond motifs is 1. The van der Waals surface area contributed by atoms with Crippen LogP contribution in [-0.2, 0) is 11.4 Å². The Labute approximate surface area is 272 Å². The van der Waals surface area contributed by atoms with E-state index < -0.39 is 27.7 Å². The SMILES string of the molecule is COc1ccc(CO/N=C2\CN(c3nc4c(cc3F)c(=O)c(C(=O)O)cn4C3CC3)CC2CN=Cc2ccccc2)c([N+](=O)[O-])c1OC. The van der Waals surface area contributed by atoms with Crippen LogP contribution < -0.4 is 19.8 Å². The second kappa shape index (κ2) is 13.5. The average molecular weight is 659 g/mol. The van der Waals surface area contributed by atoms with E-state index in [4.69, 9.17) is 14.3 Å². The van der Waals surface area contributed by atoms with Gasteiger partial charge in [-0.25, -0.2) is 14.2 Å². The summed E-state index contributed by atoms with van der Waals surface area (Å²) in [6.07, 6.45) is 4.56. The number of anilines is 1. The highest BCUT2D eigenvalue weighted by Gasteiger charge is 2.34. The number of hydrogen-bond donors (Lipinski definition) is 1. The summed E-state index contributed by atoms with van der Waals surface area (Å²) in [5.41, 5.74) is 0.240. The number of methoxy groups -OCH3 is 2. The zero-order valence-corrected chi connectivity index (χ0v) is 26.0. The Bertz CT molecular complexity index is 2010. The van der Waals surface area contributed by atoms with Gasteiger partial charge in [0.25, 0.3) is 0 Å². The van der Waals surface area contributed by atoms with Crippen molar-refractivity contribution in [2.75, 3.05) is 38.8 Å². The topological polar surface area (TPSA) is 171 Å². The number of carboxylic acid groups (broad SMARTS) is 1. The van der Waals surface area contributed by atoms with Crippen LogP contribution in [0.3, 0.4) is 0 Å². The predicted octanol–water partition coefficient (Wildman–Crippen LogP) is 4.62. The third-order valence-electron chi connectivity index (χ3n) is 8.23. The molecule has 6 rings (SSSR count). The fraction of sp³-hybridized carbons (Fsp3) is 0.303. The first-order chi connectivity index (χ1) is 23.2. The molecule has 48 heavy (non-hydrogen) atoms. The van der Waals surface area contributed by atoms with E-state index in [0.29, 0.717) is 5.71 Å². The minimum atomic E-state index is -1.39. The highest BCUT2D eigenvalue weighted by Crippen LogP contribution is 2.40. The molecule has 2 fully saturated rings. The number of nitro benzene ring substituents is 1. The molecule has 3 heterocycles. The highest BCUT2D eigenvalue weighted by atomic mass is 19.1. The van der Waals surface area contributed by atoms with Gasteiger partial charge < -0.3 is 28.9 Å². The number of rotatable bonds is 12. The highest BCUT2D eigenvalue weighted by molar-refractivity contribution is 5.95. The average Bonchev–Trinajstić information content (AvgIpc) is 3.85. The summed E-state index contributed by atoms with van der Waals surface area (Å²) in [6.45, 7) is 0.355. The van der Waals surface area contributed by atoms with E-state index in [1.165, 1.54) is 32.5 Å². The summed E-state index contributed by atoms with van der Waals surface area (Å²) in [4.78, 5) is 52.5. The molecule has 0 radical (unpaired) electrons. The van der Waals surface area contributed by atoms with Gasteiger partial charge in [-0.2, -0.15) is 0 Å². The largest absolute Gasteiger partial charge is 0.493 e. The van der Waals surface area contributed by atoms with Crippen LogP contribution in [0.1, 0.15) is 40.4 Å². The Morgan fingerprint density at radius 1 is 1.19 bits per heavy atom. The number of aliphatic imine (C=N–C) groups is 1. The van der Waals surface area contributed by atoms with Gasteiger partial charge in [0.15, 0.2) is 17.4 Å². The molecule has 15 heteroatoms. The molecule has 2 aliphatic rings. The van der Waals surface area contributed by atoms with Gasteiger partial charge in [0, 0.05) is 37.5 Å². The van der Waals surface area contributed by atoms with Crippen molar-refractivity contribution in [3.63, 3.8) is 0 Å². The van der Waals surface area contributed by atoms with Gasteiger partial charge in [0.2, 0.25) is 11.2 Å². The maximum absolute atomic E-state index is 15.7. The van der Waals surface area contributed by atoms with Gasteiger partial charge in [0.05, 0.1) is 42.3 Å². The lowest BCUT2D eigenvalue weighted by atomic mass is 10.1. The van der Waals surface area contributed by atoms with E-state index in [-0.39, 0.29) is 77.8 Å². The van der Waals surface area contributed by atoms with E-state index in [9.17, 15) is 24.8 Å². The molecule has 0 bridgehead atoms. The number of benzene rings is 2. The van der Waals surface area contributed by atoms with Crippen LogP contribution in [0.4, 0.5) is 15.9 Å². The number of carboxylic acids is 1. The molecule has 1 atom stereocenters. The van der Waals surface area contributed by atoms with Crippen molar-refractivity contribution in [2.45, 2.75) is 25.5 Å². The Morgan fingerprint density at radius 3 is 2.62 bits per heavy atom. The minimum absolute atomic E-state index is 0.0304. The minimum Gasteiger partial charge on any atom is -0.493 e. The number of hydrogen-bond acceptors (Lipinski definition) is 11.